The third kappa shape index (κ3) is 4.04. The van der Waals surface area contributed by atoms with E-state index in [1.54, 1.807) is 0 Å². The van der Waals surface area contributed by atoms with Crippen molar-refractivity contribution in [1.82, 2.24) is 9.13 Å². The van der Waals surface area contributed by atoms with Gasteiger partial charge < -0.3 is 17.8 Å². The molecule has 0 aliphatic carbocycles. The fourth-order valence-corrected chi connectivity index (χ4v) is 10.8. The summed E-state index contributed by atoms with van der Waals surface area (Å²) in [6, 6.07) is 60.5. The normalized spacial score (nSPS) is 12.5. The Morgan fingerprint density at radius 3 is 1.50 bits per heavy atom. The lowest BCUT2D eigenvalue weighted by Crippen LogP contribution is -1.93. The Morgan fingerprint density at radius 1 is 0.345 bits per heavy atom. The van der Waals surface area contributed by atoms with Gasteiger partial charge in [0.1, 0.15) is 32.7 Å². The predicted octanol–water partition coefficient (Wildman–Crippen LogP) is 15.3. The Kier molecular flexibility index (Phi) is 5.85. The molecular weight excluding hydrogens is 733 g/mol. The van der Waals surface area contributed by atoms with Crippen LogP contribution in [0.3, 0.4) is 0 Å². The van der Waals surface area contributed by atoms with Crippen LogP contribution in [0.2, 0.25) is 0 Å². The van der Waals surface area contributed by atoms with Crippen molar-refractivity contribution in [1.29, 1.82) is 0 Å². The highest BCUT2D eigenvalue weighted by molar-refractivity contribution is 7.25. The summed E-state index contributed by atoms with van der Waals surface area (Å²) in [5, 5.41) is 11.6. The fourth-order valence-electron chi connectivity index (χ4n) is 9.56. The number of hydrogen-bond donors (Lipinski definition) is 0. The Hall–Kier alpha value is -7.54. The van der Waals surface area contributed by atoms with Crippen LogP contribution in [0.25, 0.3) is 131 Å². The van der Waals surface area contributed by atoms with Crippen molar-refractivity contribution >= 4 is 119 Å². The number of fused-ring (bicyclic) bond motifs is 16. The van der Waals surface area contributed by atoms with Crippen LogP contribution in [-0.4, -0.2) is 9.13 Å². The van der Waals surface area contributed by atoms with Gasteiger partial charge in [0.05, 0.1) is 16.4 Å². The first kappa shape index (κ1) is 30.7. The molecule has 270 valence electrons. The van der Waals surface area contributed by atoms with Gasteiger partial charge in [-0.3, -0.25) is 4.57 Å². The zero-order valence-corrected chi connectivity index (χ0v) is 31.5. The second-order valence-electron chi connectivity index (χ2n) is 15.2. The van der Waals surface area contributed by atoms with E-state index in [9.17, 15) is 0 Å². The van der Waals surface area contributed by atoms with Crippen molar-refractivity contribution in [2.75, 3.05) is 0 Å². The molecular formula is C52H28N2O3S. The number of thiophene rings is 1. The van der Waals surface area contributed by atoms with Gasteiger partial charge in [-0.15, -0.1) is 11.3 Å². The third-order valence-corrected chi connectivity index (χ3v) is 13.3. The fraction of sp³-hybridized carbons (Fsp3) is 0. The van der Waals surface area contributed by atoms with Crippen molar-refractivity contribution in [2.45, 2.75) is 0 Å². The van der Waals surface area contributed by atoms with Crippen LogP contribution in [-0.2, 0) is 0 Å². The molecule has 0 aliphatic rings. The van der Waals surface area contributed by atoms with Crippen molar-refractivity contribution in [3.63, 3.8) is 0 Å². The predicted molar refractivity (Wildman–Crippen MR) is 240 cm³/mol. The van der Waals surface area contributed by atoms with Gasteiger partial charge in [0.2, 0.25) is 5.71 Å². The molecule has 0 saturated heterocycles. The third-order valence-electron chi connectivity index (χ3n) is 12.1. The minimum absolute atomic E-state index is 0.835. The van der Waals surface area contributed by atoms with Gasteiger partial charge >= 0.3 is 0 Å². The largest absolute Gasteiger partial charge is 0.456 e. The molecule has 0 spiro atoms. The van der Waals surface area contributed by atoms with Gasteiger partial charge in [-0.2, -0.15) is 0 Å². The first-order valence-electron chi connectivity index (χ1n) is 19.5. The maximum absolute atomic E-state index is 6.71. The Bertz CT molecular complexity index is 3790. The monoisotopic (exact) mass is 760 g/mol. The molecule has 5 nitrogen and oxygen atoms in total. The number of hydrogen-bond acceptors (Lipinski definition) is 4. The highest BCUT2D eigenvalue weighted by Crippen LogP contribution is 2.46. The smallest absolute Gasteiger partial charge is 0.213 e. The highest BCUT2D eigenvalue weighted by Gasteiger charge is 2.23. The summed E-state index contributed by atoms with van der Waals surface area (Å²) in [7, 11) is 0. The van der Waals surface area contributed by atoms with Crippen LogP contribution in [0.1, 0.15) is 0 Å². The molecule has 8 aromatic carbocycles. The minimum atomic E-state index is 0.835. The van der Waals surface area contributed by atoms with Crippen LogP contribution in [0.5, 0.6) is 0 Å². The van der Waals surface area contributed by atoms with Crippen molar-refractivity contribution < 1.29 is 13.3 Å². The topological polar surface area (TPSA) is 49.3 Å². The average Bonchev–Trinajstić information content (AvgIpc) is 4.11. The van der Waals surface area contributed by atoms with E-state index in [2.05, 4.69) is 149 Å². The van der Waals surface area contributed by atoms with E-state index in [0.29, 0.717) is 0 Å². The van der Waals surface area contributed by atoms with Crippen LogP contribution in [0.4, 0.5) is 0 Å². The summed E-state index contributed by atoms with van der Waals surface area (Å²) in [5.41, 5.74) is 12.0. The standard InChI is InChI=1S/C52H28N2O3S/c1-5-13-43-33(9-1)37-27-31(19-23-46(37)55-43)53-41-21-17-29(25-39(41)49-35-11-3-7-15-45(35)57-51(49)53)30-18-22-42-40(26-30)50-36-12-4-8-16-48(36)58-52(50)54(42)32-20-24-47-38(28-32)34-10-2-6-14-44(34)56-47/h1-28H. The molecule has 6 heteroatoms. The molecule has 0 fully saturated rings. The summed E-state index contributed by atoms with van der Waals surface area (Å²) in [5.74, 6) is 0. The Morgan fingerprint density at radius 2 is 0.845 bits per heavy atom. The number of benzene rings is 8. The molecule has 14 rings (SSSR count). The van der Waals surface area contributed by atoms with Crippen LogP contribution >= 0.6 is 11.3 Å². The van der Waals surface area contributed by atoms with E-state index in [1.807, 2.05) is 41.7 Å². The zero-order chi connectivity index (χ0) is 37.6. The van der Waals surface area contributed by atoms with Gasteiger partial charge in [0, 0.05) is 64.6 Å². The Balaban J connectivity index is 1.00. The van der Waals surface area contributed by atoms with Gasteiger partial charge in [-0.25, -0.2) is 0 Å². The van der Waals surface area contributed by atoms with Gasteiger partial charge in [-0.1, -0.05) is 84.9 Å². The SMILES string of the molecule is c1ccc2c(c1)oc1ccc(-n3c4ccc(-c5ccc6c(c5)c5c7ccccc7sc5n6-c5ccc6oc7ccccc7c6c5)cc4c4c5ccccc5oc43)cc12. The molecule has 6 aromatic heterocycles. The van der Waals surface area contributed by atoms with Crippen LogP contribution < -0.4 is 0 Å². The minimum Gasteiger partial charge on any atom is -0.456 e. The Labute approximate surface area is 332 Å². The summed E-state index contributed by atoms with van der Waals surface area (Å²) in [6.45, 7) is 0. The quantitative estimate of drug-likeness (QED) is 0.180. The lowest BCUT2D eigenvalue weighted by atomic mass is 10.00. The molecule has 0 saturated carbocycles. The lowest BCUT2D eigenvalue weighted by Gasteiger charge is -2.09. The van der Waals surface area contributed by atoms with Crippen LogP contribution in [0.15, 0.2) is 183 Å². The van der Waals surface area contributed by atoms with Crippen molar-refractivity contribution in [3.05, 3.63) is 170 Å². The molecule has 0 bridgehead atoms. The second kappa shape index (κ2) is 11.1. The number of nitrogens with zero attached hydrogens (tertiary/aromatic N) is 2. The molecule has 0 radical (unpaired) electrons. The van der Waals surface area contributed by atoms with Gasteiger partial charge in [0.15, 0.2) is 0 Å². The summed E-state index contributed by atoms with van der Waals surface area (Å²) in [4.78, 5) is 1.24. The molecule has 0 amide bonds. The number of aromatic nitrogens is 2. The lowest BCUT2D eigenvalue weighted by molar-refractivity contribution is 0.645. The summed E-state index contributed by atoms with van der Waals surface area (Å²) >= 11 is 1.85. The maximum Gasteiger partial charge on any atom is 0.213 e. The van der Waals surface area contributed by atoms with Gasteiger partial charge in [-0.05, 0) is 96.1 Å². The van der Waals surface area contributed by atoms with Crippen molar-refractivity contribution in [3.8, 4) is 22.5 Å². The molecule has 0 aliphatic heterocycles. The molecule has 0 unspecified atom stereocenters. The van der Waals surface area contributed by atoms with E-state index in [4.69, 9.17) is 13.3 Å². The molecule has 14 aromatic rings. The number of para-hydroxylation sites is 3. The van der Waals surface area contributed by atoms with Crippen molar-refractivity contribution in [2.24, 2.45) is 0 Å². The number of furan rings is 3. The maximum atomic E-state index is 6.71. The zero-order valence-electron chi connectivity index (χ0n) is 30.7. The number of rotatable bonds is 3. The first-order valence-corrected chi connectivity index (χ1v) is 20.3. The van der Waals surface area contributed by atoms with E-state index >= 15 is 0 Å². The van der Waals surface area contributed by atoms with Gasteiger partial charge in [0.25, 0.3) is 0 Å². The molecule has 6 heterocycles. The highest BCUT2D eigenvalue weighted by atomic mass is 32.1. The van der Waals surface area contributed by atoms with Crippen LogP contribution in [0, 0.1) is 0 Å². The summed E-state index contributed by atoms with van der Waals surface area (Å²) in [6.07, 6.45) is 0. The molecule has 0 atom stereocenters. The van der Waals surface area contributed by atoms with E-state index in [1.165, 1.54) is 36.8 Å². The molecule has 58 heavy (non-hydrogen) atoms. The van der Waals surface area contributed by atoms with E-state index < -0.39 is 0 Å². The first-order chi connectivity index (χ1) is 28.7. The molecule has 0 N–H and O–H groups in total. The van der Waals surface area contributed by atoms with E-state index in [0.717, 1.165) is 93.8 Å². The summed E-state index contributed by atoms with van der Waals surface area (Å²) < 4.78 is 25.1. The van der Waals surface area contributed by atoms with E-state index in [-0.39, 0.29) is 0 Å². The average molecular weight is 761 g/mol. The second-order valence-corrected chi connectivity index (χ2v) is 16.3.